The molecule has 0 saturated carbocycles. The third-order valence-electron chi connectivity index (χ3n) is 4.76. The van der Waals surface area contributed by atoms with E-state index in [4.69, 9.17) is 20.4 Å². The van der Waals surface area contributed by atoms with Gasteiger partial charge in [-0.3, -0.25) is 4.79 Å². The van der Waals surface area contributed by atoms with Gasteiger partial charge in [0.15, 0.2) is 0 Å². The van der Waals surface area contributed by atoms with Gasteiger partial charge in [0.2, 0.25) is 5.91 Å². The van der Waals surface area contributed by atoms with Crippen molar-refractivity contribution < 1.29 is 24.0 Å². The number of hydrogen-bond donors (Lipinski definition) is 5. The Bertz CT molecular complexity index is 416. The van der Waals surface area contributed by atoms with Gasteiger partial charge < -0.3 is 11.1 Å². The van der Waals surface area contributed by atoms with Gasteiger partial charge in [0, 0.05) is 13.0 Å². The van der Waals surface area contributed by atoms with Gasteiger partial charge in [0.05, 0.1) is 6.04 Å². The third kappa shape index (κ3) is 22.0. The highest BCUT2D eigenvalue weighted by atomic mass is 31.2. The zero-order chi connectivity index (χ0) is 21.8. The fraction of sp³-hybridized carbons (Fsp3) is 0.857. The number of nitrogens with one attached hydrogen (secondary N) is 1. The molecule has 7 nitrogen and oxygen atoms in total. The van der Waals surface area contributed by atoms with E-state index in [1.807, 2.05) is 0 Å². The molecule has 0 aromatic heterocycles. The second kappa shape index (κ2) is 19.4. The number of unbranched alkanes of at least 4 members (excludes halogenated alkanes) is 11. The van der Waals surface area contributed by atoms with Gasteiger partial charge in [-0.25, -0.2) is 0 Å². The Hall–Kier alpha value is -0.560. The van der Waals surface area contributed by atoms with Crippen LogP contribution in [0.15, 0.2) is 12.2 Å². The number of hydrogen-bond acceptors (Lipinski definition) is 6. The van der Waals surface area contributed by atoms with Gasteiger partial charge in [-0.15, -0.1) is 0 Å². The first-order valence-electron chi connectivity index (χ1n) is 11.2. The van der Waals surface area contributed by atoms with Gasteiger partial charge in [-0.2, -0.15) is 19.2 Å². The molecule has 0 aromatic carbocycles. The predicted octanol–water partition coefficient (Wildman–Crippen LogP) is 4.14. The van der Waals surface area contributed by atoms with E-state index in [2.05, 4.69) is 28.9 Å². The van der Waals surface area contributed by atoms with Crippen molar-refractivity contribution in [1.82, 2.24) is 5.32 Å². The van der Waals surface area contributed by atoms with Crippen molar-refractivity contribution in [3.63, 3.8) is 0 Å². The van der Waals surface area contributed by atoms with Crippen LogP contribution in [-0.4, -0.2) is 39.8 Å². The van der Waals surface area contributed by atoms with E-state index in [0.29, 0.717) is 6.42 Å². The van der Waals surface area contributed by atoms with Crippen LogP contribution in [0.2, 0.25) is 0 Å². The molecule has 0 radical (unpaired) electrons. The first kappa shape index (κ1) is 28.4. The Balaban J connectivity index is 3.48. The molecule has 0 bridgehead atoms. The molecule has 0 fully saturated rings. The fourth-order valence-corrected chi connectivity index (χ4v) is 3.39. The van der Waals surface area contributed by atoms with Crippen molar-refractivity contribution in [2.45, 2.75) is 103 Å². The first-order chi connectivity index (χ1) is 13.9. The molecule has 0 aromatic rings. The minimum absolute atomic E-state index is 0.0954. The molecule has 0 rings (SSSR count). The van der Waals surface area contributed by atoms with Crippen LogP contribution in [-0.2, 0) is 9.32 Å². The smallest absolute Gasteiger partial charge is 0.350 e. The first-order valence-corrected chi connectivity index (χ1v) is 12.8. The minimum atomic E-state index is -4.29. The molecule has 6 N–H and O–H groups in total. The lowest BCUT2D eigenvalue weighted by molar-refractivity contribution is -0.122. The van der Waals surface area contributed by atoms with Crippen molar-refractivity contribution >= 4 is 14.1 Å². The summed E-state index contributed by atoms with van der Waals surface area (Å²) in [5, 5.41) is 2.68. The molecule has 8 heteroatoms. The zero-order valence-electron chi connectivity index (χ0n) is 18.2. The molecule has 0 aliphatic carbocycles. The van der Waals surface area contributed by atoms with Gasteiger partial charge in [-0.05, 0) is 32.1 Å². The van der Waals surface area contributed by atoms with Crippen LogP contribution in [0, 0.1) is 0 Å². The predicted molar refractivity (Wildman–Crippen MR) is 120 cm³/mol. The quantitative estimate of drug-likeness (QED) is 0.111. The summed E-state index contributed by atoms with van der Waals surface area (Å²) in [6.07, 6.45) is 20.8. The van der Waals surface area contributed by atoms with E-state index in [9.17, 15) is 4.79 Å². The Labute approximate surface area is 177 Å². The lowest BCUT2D eigenvalue weighted by Crippen LogP contribution is -2.43. The van der Waals surface area contributed by atoms with E-state index in [0.717, 1.165) is 25.7 Å². The molecule has 29 heavy (non-hydrogen) atoms. The third-order valence-corrected chi connectivity index (χ3v) is 5.26. The lowest BCUT2D eigenvalue weighted by Gasteiger charge is -2.15. The topological polar surface area (TPSA) is 125 Å². The molecule has 1 amide bonds. The summed E-state index contributed by atoms with van der Waals surface area (Å²) in [7, 11) is -4.29. The Morgan fingerprint density at radius 3 is 1.97 bits per heavy atom. The number of carbonyl (C=O) groups excluding carboxylic acids is 1. The highest BCUT2D eigenvalue weighted by molar-refractivity contribution is 7.53. The maximum Gasteiger partial charge on any atom is 0.567 e. The maximum atomic E-state index is 11.9. The van der Waals surface area contributed by atoms with Crippen LogP contribution in [0.1, 0.15) is 96.8 Å². The van der Waals surface area contributed by atoms with Crippen LogP contribution in [0.3, 0.4) is 0 Å². The van der Waals surface area contributed by atoms with Crippen molar-refractivity contribution in [3.05, 3.63) is 12.2 Å². The van der Waals surface area contributed by atoms with E-state index in [-0.39, 0.29) is 19.1 Å². The highest BCUT2D eigenvalue weighted by Crippen LogP contribution is 2.45. The summed E-state index contributed by atoms with van der Waals surface area (Å²) in [5.41, 5.74) is 5.50. The summed E-state index contributed by atoms with van der Waals surface area (Å²) in [6, 6.07) is -0.545. The number of allylic oxidation sites excluding steroid dienone is 2. The maximum absolute atomic E-state index is 11.9. The molecule has 1 atom stereocenters. The SMILES string of the molecule is CCCCCCCC/C=C\CCCCCCCC(=O)N[C@@H](CN)CO[P+](O)(O)O. The monoisotopic (exact) mass is 435 g/mol. The molecular weight excluding hydrogens is 391 g/mol. The van der Waals surface area contributed by atoms with Gasteiger partial charge in [0.1, 0.15) is 6.61 Å². The molecule has 172 valence electrons. The molecule has 0 heterocycles. The summed E-state index contributed by atoms with van der Waals surface area (Å²) < 4.78 is 4.49. The Kier molecular flexibility index (Phi) is 19.0. The van der Waals surface area contributed by atoms with Crippen LogP contribution >= 0.6 is 8.17 Å². The van der Waals surface area contributed by atoms with Crippen LogP contribution in [0.4, 0.5) is 0 Å². The van der Waals surface area contributed by atoms with Crippen LogP contribution in [0.5, 0.6) is 0 Å². The van der Waals surface area contributed by atoms with Gasteiger partial charge in [0.25, 0.3) is 0 Å². The van der Waals surface area contributed by atoms with Crippen LogP contribution < -0.4 is 11.1 Å². The van der Waals surface area contributed by atoms with E-state index < -0.39 is 14.2 Å². The van der Waals surface area contributed by atoms with E-state index in [1.54, 1.807) is 0 Å². The fourth-order valence-electron chi connectivity index (χ4n) is 3.01. The molecular formula is C21H44N2O5P+. The van der Waals surface area contributed by atoms with Crippen LogP contribution in [0.25, 0.3) is 0 Å². The summed E-state index contributed by atoms with van der Waals surface area (Å²) in [4.78, 5) is 38.2. The molecule has 0 aliphatic heterocycles. The average molecular weight is 436 g/mol. The van der Waals surface area contributed by atoms with Gasteiger partial charge >= 0.3 is 8.17 Å². The zero-order valence-corrected chi connectivity index (χ0v) is 19.1. The average Bonchev–Trinajstić information content (AvgIpc) is 2.67. The van der Waals surface area contributed by atoms with Crippen molar-refractivity contribution in [3.8, 4) is 0 Å². The number of rotatable bonds is 20. The molecule has 0 spiro atoms. The van der Waals surface area contributed by atoms with Crippen molar-refractivity contribution in [2.75, 3.05) is 13.2 Å². The number of carbonyl (C=O) groups is 1. The summed E-state index contributed by atoms with van der Waals surface area (Å²) >= 11 is 0. The normalized spacial score (nSPS) is 13.1. The largest absolute Gasteiger partial charge is 0.567 e. The van der Waals surface area contributed by atoms with Crippen molar-refractivity contribution in [1.29, 1.82) is 0 Å². The molecule has 0 unspecified atom stereocenters. The number of nitrogens with two attached hydrogens (primary N) is 1. The van der Waals surface area contributed by atoms with Crippen molar-refractivity contribution in [2.24, 2.45) is 5.73 Å². The van der Waals surface area contributed by atoms with E-state index >= 15 is 0 Å². The summed E-state index contributed by atoms with van der Waals surface area (Å²) in [6.45, 7) is 2.11. The Morgan fingerprint density at radius 2 is 1.45 bits per heavy atom. The standard InChI is InChI=1S/C21H43N2O5P/c1-2-3-4-5-6-7-8-9-10-11-12-13-14-15-16-17-21(24)23-20(18-22)19-28-29(25,26)27/h9-10,20,25-27H,2-8,11-19,22H2,1H3/p+1/b10-9-/t20-/m0/s1. The minimum Gasteiger partial charge on any atom is -0.350 e. The van der Waals surface area contributed by atoms with Gasteiger partial charge in [-0.1, -0.05) is 70.4 Å². The Morgan fingerprint density at radius 1 is 0.931 bits per heavy atom. The molecule has 0 aliphatic rings. The highest BCUT2D eigenvalue weighted by Gasteiger charge is 2.34. The second-order valence-electron chi connectivity index (χ2n) is 7.64. The molecule has 0 saturated heterocycles. The number of amides is 1. The lowest BCUT2D eigenvalue weighted by atomic mass is 10.1. The second-order valence-corrected chi connectivity index (χ2v) is 8.93. The summed E-state index contributed by atoms with van der Waals surface area (Å²) in [5.74, 6) is -0.139. The van der Waals surface area contributed by atoms with E-state index in [1.165, 1.54) is 57.8 Å².